The van der Waals surface area contributed by atoms with Crippen LogP contribution in [0, 0.1) is 0 Å². The van der Waals surface area contributed by atoms with Gasteiger partial charge in [-0.2, -0.15) is 0 Å². The lowest BCUT2D eigenvalue weighted by atomic mass is 10.2. The summed E-state index contributed by atoms with van der Waals surface area (Å²) >= 11 is 3.13. The quantitative estimate of drug-likeness (QED) is 0.597. The summed E-state index contributed by atoms with van der Waals surface area (Å²) < 4.78 is 7.16. The van der Waals surface area contributed by atoms with Crippen LogP contribution in [0.4, 0.5) is 4.79 Å². The SMILES string of the molecule is CC(C)(C)OC(=O)n1c2sccc2c2ccsc21. The van der Waals surface area contributed by atoms with Gasteiger partial charge in [0.05, 0.1) is 0 Å². The van der Waals surface area contributed by atoms with E-state index in [9.17, 15) is 4.79 Å². The summed E-state index contributed by atoms with van der Waals surface area (Å²) in [5.41, 5.74) is -0.478. The highest BCUT2D eigenvalue weighted by molar-refractivity contribution is 7.20. The van der Waals surface area contributed by atoms with Gasteiger partial charge in [0.15, 0.2) is 0 Å². The molecule has 3 heterocycles. The highest BCUT2D eigenvalue weighted by Gasteiger charge is 2.23. The van der Waals surface area contributed by atoms with Crippen molar-refractivity contribution in [2.45, 2.75) is 26.4 Å². The van der Waals surface area contributed by atoms with E-state index in [-0.39, 0.29) is 6.09 Å². The van der Waals surface area contributed by atoms with E-state index in [1.54, 1.807) is 27.2 Å². The van der Waals surface area contributed by atoms with Crippen molar-refractivity contribution in [3.63, 3.8) is 0 Å². The third-order valence-electron chi connectivity index (χ3n) is 2.56. The number of hydrogen-bond donors (Lipinski definition) is 0. The van der Waals surface area contributed by atoms with Crippen LogP contribution in [0.25, 0.3) is 20.4 Å². The molecule has 94 valence electrons. The number of carbonyl (C=O) groups excluding carboxylic acids is 1. The van der Waals surface area contributed by atoms with Crippen LogP contribution in [0.2, 0.25) is 0 Å². The summed E-state index contributed by atoms with van der Waals surface area (Å²) in [4.78, 5) is 14.2. The van der Waals surface area contributed by atoms with Gasteiger partial charge in [0, 0.05) is 10.8 Å². The van der Waals surface area contributed by atoms with Crippen molar-refractivity contribution in [1.82, 2.24) is 4.57 Å². The second-order valence-electron chi connectivity index (χ2n) is 5.09. The van der Waals surface area contributed by atoms with Crippen molar-refractivity contribution in [3.05, 3.63) is 22.9 Å². The molecule has 0 unspecified atom stereocenters. The molecule has 0 aliphatic rings. The molecule has 0 aliphatic carbocycles. The highest BCUT2D eigenvalue weighted by Crippen LogP contribution is 2.36. The Morgan fingerprint density at radius 3 is 2.06 bits per heavy atom. The monoisotopic (exact) mass is 279 g/mol. The Morgan fingerprint density at radius 1 is 1.11 bits per heavy atom. The van der Waals surface area contributed by atoms with Crippen LogP contribution < -0.4 is 0 Å². The first kappa shape index (κ1) is 11.7. The highest BCUT2D eigenvalue weighted by atomic mass is 32.1. The second-order valence-corrected chi connectivity index (χ2v) is 6.88. The Labute approximate surface area is 113 Å². The molecule has 0 saturated heterocycles. The maximum atomic E-state index is 12.3. The number of carbonyl (C=O) groups is 1. The van der Waals surface area contributed by atoms with Gasteiger partial charge in [-0.1, -0.05) is 0 Å². The molecule has 0 fully saturated rings. The number of hydrogen-bond acceptors (Lipinski definition) is 4. The molecule has 18 heavy (non-hydrogen) atoms. The first-order valence-corrected chi connectivity index (χ1v) is 7.42. The normalized spacial score (nSPS) is 12.4. The van der Waals surface area contributed by atoms with Crippen LogP contribution in [0.3, 0.4) is 0 Å². The summed E-state index contributed by atoms with van der Waals surface area (Å²) in [6.45, 7) is 5.64. The number of ether oxygens (including phenoxy) is 1. The molecule has 0 aromatic carbocycles. The minimum atomic E-state index is -0.478. The van der Waals surface area contributed by atoms with Crippen LogP contribution in [0.15, 0.2) is 22.9 Å². The van der Waals surface area contributed by atoms with Gasteiger partial charge in [0.1, 0.15) is 15.3 Å². The average molecular weight is 279 g/mol. The van der Waals surface area contributed by atoms with E-state index >= 15 is 0 Å². The number of nitrogens with zero attached hydrogens (tertiary/aromatic N) is 1. The summed E-state index contributed by atoms with van der Waals surface area (Å²) in [6.07, 6.45) is -0.299. The molecular weight excluding hydrogens is 266 g/mol. The largest absolute Gasteiger partial charge is 0.443 e. The Balaban J connectivity index is 2.21. The summed E-state index contributed by atoms with van der Waals surface area (Å²) in [5, 5.41) is 6.26. The Kier molecular flexibility index (Phi) is 2.50. The van der Waals surface area contributed by atoms with E-state index in [1.807, 2.05) is 31.5 Å². The zero-order chi connectivity index (χ0) is 12.9. The Morgan fingerprint density at radius 2 is 1.61 bits per heavy atom. The van der Waals surface area contributed by atoms with E-state index in [0.29, 0.717) is 0 Å². The number of aromatic nitrogens is 1. The molecule has 0 aliphatic heterocycles. The third-order valence-corrected chi connectivity index (χ3v) is 4.36. The smallest absolute Gasteiger partial charge is 0.420 e. The molecule has 0 amide bonds. The maximum absolute atomic E-state index is 12.3. The predicted molar refractivity (Wildman–Crippen MR) is 76.8 cm³/mol. The first-order valence-electron chi connectivity index (χ1n) is 5.66. The van der Waals surface area contributed by atoms with Crippen LogP contribution >= 0.6 is 22.7 Å². The van der Waals surface area contributed by atoms with Crippen LogP contribution in [0.5, 0.6) is 0 Å². The summed E-state index contributed by atoms with van der Waals surface area (Å²) in [5.74, 6) is 0. The molecule has 0 N–H and O–H groups in total. The van der Waals surface area contributed by atoms with Gasteiger partial charge in [0.25, 0.3) is 0 Å². The van der Waals surface area contributed by atoms with Gasteiger partial charge in [-0.3, -0.25) is 0 Å². The number of fused-ring (bicyclic) bond motifs is 3. The van der Waals surface area contributed by atoms with Gasteiger partial charge in [-0.05, 0) is 43.7 Å². The first-order chi connectivity index (χ1) is 8.47. The average Bonchev–Trinajstić information content (AvgIpc) is 2.82. The van der Waals surface area contributed by atoms with Crippen molar-refractivity contribution in [2.75, 3.05) is 0 Å². The van der Waals surface area contributed by atoms with Crippen molar-refractivity contribution in [2.24, 2.45) is 0 Å². The Hall–Kier alpha value is -1.33. The lowest BCUT2D eigenvalue weighted by Gasteiger charge is -2.19. The summed E-state index contributed by atoms with van der Waals surface area (Å²) in [6, 6.07) is 4.10. The van der Waals surface area contributed by atoms with E-state index < -0.39 is 5.60 Å². The zero-order valence-electron chi connectivity index (χ0n) is 10.4. The van der Waals surface area contributed by atoms with E-state index in [1.165, 1.54) is 0 Å². The molecule has 3 aromatic rings. The lowest BCUT2D eigenvalue weighted by molar-refractivity contribution is 0.0553. The minimum Gasteiger partial charge on any atom is -0.443 e. The molecule has 0 spiro atoms. The van der Waals surface area contributed by atoms with E-state index in [2.05, 4.69) is 12.1 Å². The van der Waals surface area contributed by atoms with Gasteiger partial charge >= 0.3 is 6.09 Å². The van der Waals surface area contributed by atoms with Crippen molar-refractivity contribution in [1.29, 1.82) is 0 Å². The van der Waals surface area contributed by atoms with E-state index in [4.69, 9.17) is 4.74 Å². The van der Waals surface area contributed by atoms with Gasteiger partial charge in [0.2, 0.25) is 0 Å². The minimum absolute atomic E-state index is 0.299. The molecule has 0 radical (unpaired) electrons. The topological polar surface area (TPSA) is 31.2 Å². The molecule has 3 rings (SSSR count). The molecule has 0 saturated carbocycles. The second kappa shape index (κ2) is 3.83. The Bertz CT molecular complexity index is 679. The molecule has 5 heteroatoms. The van der Waals surface area contributed by atoms with Crippen molar-refractivity contribution in [3.8, 4) is 0 Å². The number of thiophene rings is 2. The summed E-state index contributed by atoms with van der Waals surface area (Å²) in [7, 11) is 0. The maximum Gasteiger partial charge on any atom is 0.420 e. The van der Waals surface area contributed by atoms with Gasteiger partial charge in [-0.25, -0.2) is 9.36 Å². The molecule has 0 atom stereocenters. The molecule has 0 bridgehead atoms. The van der Waals surface area contributed by atoms with E-state index in [0.717, 1.165) is 20.4 Å². The van der Waals surface area contributed by atoms with Crippen LogP contribution in [-0.2, 0) is 4.74 Å². The predicted octanol–water partition coefficient (Wildman–Crippen LogP) is 4.70. The van der Waals surface area contributed by atoms with Crippen LogP contribution in [-0.4, -0.2) is 16.3 Å². The molecule has 3 nitrogen and oxygen atoms in total. The fourth-order valence-corrected chi connectivity index (χ4v) is 3.80. The van der Waals surface area contributed by atoms with Crippen LogP contribution in [0.1, 0.15) is 20.8 Å². The molecule has 3 aromatic heterocycles. The van der Waals surface area contributed by atoms with Crippen molar-refractivity contribution < 1.29 is 9.53 Å². The van der Waals surface area contributed by atoms with Gasteiger partial charge in [-0.15, -0.1) is 22.7 Å². The molecular formula is C13H13NO2S2. The lowest BCUT2D eigenvalue weighted by Crippen LogP contribution is -2.26. The van der Waals surface area contributed by atoms with Gasteiger partial charge < -0.3 is 4.74 Å². The number of rotatable bonds is 0. The van der Waals surface area contributed by atoms with Crippen molar-refractivity contribution >= 4 is 49.2 Å². The fourth-order valence-electron chi connectivity index (χ4n) is 1.92. The zero-order valence-corrected chi connectivity index (χ0v) is 12.0. The standard InChI is InChI=1S/C13H13NO2S2/c1-13(2,3)16-12(15)14-10-8(4-6-17-10)9-5-7-18-11(9)14/h4-7H,1-3H3. The third kappa shape index (κ3) is 1.74. The fraction of sp³-hybridized carbons (Fsp3) is 0.308.